The Bertz CT molecular complexity index is 876. The second-order valence-corrected chi connectivity index (χ2v) is 9.49. The lowest BCUT2D eigenvalue weighted by molar-refractivity contribution is -0.128. The van der Waals surface area contributed by atoms with Gasteiger partial charge in [-0.05, 0) is 70.5 Å². The standard InChI is InChI=1S/C21H30N4O3S/c1-25(2)13-5-7-14(8-6-13)28-20-18-17-12(10-15(27-3)19(22)26)4-9-16(17)29-21(18)24-11-23-20/h11-15H,4-10H2,1-3H3,(H2,22,26). The van der Waals surface area contributed by atoms with Crippen LogP contribution in [0.25, 0.3) is 10.2 Å². The largest absolute Gasteiger partial charge is 0.474 e. The molecule has 2 unspecified atom stereocenters. The van der Waals surface area contributed by atoms with Gasteiger partial charge in [0, 0.05) is 18.0 Å². The average Bonchev–Trinajstić information content (AvgIpc) is 3.26. The van der Waals surface area contributed by atoms with Crippen molar-refractivity contribution in [2.75, 3.05) is 21.2 Å². The molecule has 0 aromatic carbocycles. The van der Waals surface area contributed by atoms with Gasteiger partial charge in [-0.15, -0.1) is 11.3 Å². The highest BCUT2D eigenvalue weighted by atomic mass is 32.1. The summed E-state index contributed by atoms with van der Waals surface area (Å²) in [7, 11) is 5.83. The monoisotopic (exact) mass is 418 g/mol. The fourth-order valence-electron chi connectivity index (χ4n) is 4.79. The van der Waals surface area contributed by atoms with E-state index in [4.69, 9.17) is 15.2 Å². The molecule has 4 rings (SSSR count). The molecule has 8 heteroatoms. The minimum Gasteiger partial charge on any atom is -0.474 e. The molecule has 1 amide bonds. The number of carbonyl (C=O) groups excluding carboxylic acids is 1. The Morgan fingerprint density at radius 2 is 2.03 bits per heavy atom. The summed E-state index contributed by atoms with van der Waals surface area (Å²) < 4.78 is 11.7. The summed E-state index contributed by atoms with van der Waals surface area (Å²) in [6, 6.07) is 0.634. The normalized spacial score (nSPS) is 25.3. The van der Waals surface area contributed by atoms with Crippen LogP contribution in [0.15, 0.2) is 6.33 Å². The molecule has 0 bridgehead atoms. The number of thiophene rings is 1. The Morgan fingerprint density at radius 3 is 2.69 bits per heavy atom. The van der Waals surface area contributed by atoms with E-state index in [1.165, 1.54) is 10.4 Å². The minimum absolute atomic E-state index is 0.192. The van der Waals surface area contributed by atoms with E-state index in [2.05, 4.69) is 29.0 Å². The van der Waals surface area contributed by atoms with Crippen LogP contribution >= 0.6 is 11.3 Å². The molecule has 2 N–H and O–H groups in total. The first-order valence-corrected chi connectivity index (χ1v) is 11.2. The van der Waals surface area contributed by atoms with Gasteiger partial charge in [0.05, 0.1) is 5.39 Å². The van der Waals surface area contributed by atoms with Crippen molar-refractivity contribution in [3.05, 3.63) is 16.8 Å². The van der Waals surface area contributed by atoms with Crippen LogP contribution in [0.5, 0.6) is 5.88 Å². The molecule has 0 saturated heterocycles. The first-order valence-electron chi connectivity index (χ1n) is 10.4. The van der Waals surface area contributed by atoms with Crippen LogP contribution < -0.4 is 10.5 Å². The zero-order valence-corrected chi connectivity index (χ0v) is 18.2. The van der Waals surface area contributed by atoms with Gasteiger partial charge in [-0.3, -0.25) is 4.79 Å². The Morgan fingerprint density at radius 1 is 1.28 bits per heavy atom. The molecule has 2 aromatic heterocycles. The summed E-state index contributed by atoms with van der Waals surface area (Å²) in [4.78, 5) is 25.3. The molecule has 7 nitrogen and oxygen atoms in total. The number of rotatable bonds is 7. The minimum atomic E-state index is -0.573. The molecule has 2 aromatic rings. The van der Waals surface area contributed by atoms with Crippen LogP contribution in [0.2, 0.25) is 0 Å². The quantitative estimate of drug-likeness (QED) is 0.744. The highest BCUT2D eigenvalue weighted by Gasteiger charge is 2.34. The molecule has 2 aliphatic rings. The zero-order valence-electron chi connectivity index (χ0n) is 17.4. The van der Waals surface area contributed by atoms with Gasteiger partial charge < -0.3 is 20.1 Å². The topological polar surface area (TPSA) is 90.6 Å². The fraction of sp³-hybridized carbons (Fsp3) is 0.667. The predicted molar refractivity (Wildman–Crippen MR) is 113 cm³/mol. The molecule has 0 radical (unpaired) electrons. The fourth-order valence-corrected chi connectivity index (χ4v) is 6.02. The third-order valence-corrected chi connectivity index (χ3v) is 7.62. The van der Waals surface area contributed by atoms with E-state index in [1.807, 2.05) is 0 Å². The van der Waals surface area contributed by atoms with Crippen LogP contribution in [-0.2, 0) is 16.0 Å². The molecule has 2 atom stereocenters. The number of aromatic nitrogens is 2. The van der Waals surface area contributed by atoms with Crippen molar-refractivity contribution in [2.45, 2.75) is 69.1 Å². The van der Waals surface area contributed by atoms with Crippen LogP contribution in [0.3, 0.4) is 0 Å². The van der Waals surface area contributed by atoms with Crippen molar-refractivity contribution >= 4 is 27.5 Å². The number of aryl methyl sites for hydroxylation is 1. The van der Waals surface area contributed by atoms with Crippen LogP contribution in [-0.4, -0.2) is 60.2 Å². The molecule has 158 valence electrons. The van der Waals surface area contributed by atoms with Gasteiger partial charge in [0.15, 0.2) is 0 Å². The van der Waals surface area contributed by atoms with E-state index in [1.54, 1.807) is 24.8 Å². The third kappa shape index (κ3) is 4.11. The SMILES string of the molecule is COC(CC1CCc2sc3ncnc(OC4CCC(N(C)C)CC4)c3c21)C(N)=O. The van der Waals surface area contributed by atoms with Crippen molar-refractivity contribution in [3.8, 4) is 5.88 Å². The lowest BCUT2D eigenvalue weighted by Crippen LogP contribution is -2.35. The lowest BCUT2D eigenvalue weighted by atomic mass is 9.92. The smallest absolute Gasteiger partial charge is 0.246 e. The molecule has 1 fully saturated rings. The Balaban J connectivity index is 1.58. The van der Waals surface area contributed by atoms with E-state index in [0.29, 0.717) is 18.3 Å². The van der Waals surface area contributed by atoms with Crippen LogP contribution in [0.4, 0.5) is 0 Å². The number of hydrogen-bond acceptors (Lipinski definition) is 7. The van der Waals surface area contributed by atoms with Gasteiger partial charge >= 0.3 is 0 Å². The number of nitrogens with zero attached hydrogens (tertiary/aromatic N) is 3. The Kier molecular flexibility index (Phi) is 6.03. The molecule has 0 aliphatic heterocycles. The van der Waals surface area contributed by atoms with Crippen molar-refractivity contribution in [1.29, 1.82) is 0 Å². The molecular weight excluding hydrogens is 388 g/mol. The highest BCUT2D eigenvalue weighted by Crippen LogP contribution is 2.48. The van der Waals surface area contributed by atoms with Crippen molar-refractivity contribution in [3.63, 3.8) is 0 Å². The third-order valence-electron chi connectivity index (χ3n) is 6.45. The summed E-state index contributed by atoms with van der Waals surface area (Å²) >= 11 is 1.72. The van der Waals surface area contributed by atoms with E-state index in [9.17, 15) is 4.79 Å². The summed E-state index contributed by atoms with van der Waals surface area (Å²) in [5.74, 6) is 0.501. The second kappa shape index (κ2) is 8.53. The van der Waals surface area contributed by atoms with Crippen LogP contribution in [0.1, 0.15) is 54.9 Å². The average molecular weight is 419 g/mol. The number of nitrogens with two attached hydrogens (primary N) is 1. The number of amides is 1. The lowest BCUT2D eigenvalue weighted by Gasteiger charge is -2.32. The Hall–Kier alpha value is -1.77. The number of methoxy groups -OCH3 is 1. The summed E-state index contributed by atoms with van der Waals surface area (Å²) in [6.45, 7) is 0. The van der Waals surface area contributed by atoms with Gasteiger partial charge in [-0.2, -0.15) is 0 Å². The molecule has 0 spiro atoms. The van der Waals surface area contributed by atoms with E-state index < -0.39 is 12.0 Å². The zero-order chi connectivity index (χ0) is 20.5. The van der Waals surface area contributed by atoms with Crippen molar-refractivity contribution < 1.29 is 14.3 Å². The first kappa shape index (κ1) is 20.5. The summed E-state index contributed by atoms with van der Waals surface area (Å²) in [5.41, 5.74) is 6.75. The number of primary amides is 1. The van der Waals surface area contributed by atoms with E-state index >= 15 is 0 Å². The summed E-state index contributed by atoms with van der Waals surface area (Å²) in [5, 5.41) is 1.03. The summed E-state index contributed by atoms with van der Waals surface area (Å²) in [6.07, 6.45) is 8.16. The van der Waals surface area contributed by atoms with Gasteiger partial charge in [-0.25, -0.2) is 9.97 Å². The van der Waals surface area contributed by atoms with E-state index in [0.717, 1.165) is 48.7 Å². The highest BCUT2D eigenvalue weighted by molar-refractivity contribution is 7.19. The Labute approximate surface area is 175 Å². The number of hydrogen-bond donors (Lipinski definition) is 1. The maximum Gasteiger partial charge on any atom is 0.246 e. The number of carbonyl (C=O) groups is 1. The van der Waals surface area contributed by atoms with Gasteiger partial charge in [0.25, 0.3) is 0 Å². The maximum absolute atomic E-state index is 11.7. The van der Waals surface area contributed by atoms with Crippen LogP contribution in [0, 0.1) is 0 Å². The van der Waals surface area contributed by atoms with Gasteiger partial charge in [0.1, 0.15) is 23.4 Å². The van der Waals surface area contributed by atoms with Crippen molar-refractivity contribution in [2.24, 2.45) is 5.73 Å². The molecule has 2 heterocycles. The number of ether oxygens (including phenoxy) is 2. The molecule has 2 aliphatic carbocycles. The van der Waals surface area contributed by atoms with Crippen molar-refractivity contribution in [1.82, 2.24) is 14.9 Å². The molecule has 29 heavy (non-hydrogen) atoms. The molecule has 1 saturated carbocycles. The maximum atomic E-state index is 11.7. The van der Waals surface area contributed by atoms with Gasteiger partial charge in [0.2, 0.25) is 11.8 Å². The van der Waals surface area contributed by atoms with E-state index in [-0.39, 0.29) is 12.0 Å². The van der Waals surface area contributed by atoms with Gasteiger partial charge in [-0.1, -0.05) is 0 Å². The first-order chi connectivity index (χ1) is 14.0. The predicted octanol–water partition coefficient (Wildman–Crippen LogP) is 2.86. The second-order valence-electron chi connectivity index (χ2n) is 8.41. The molecular formula is C21H30N4O3S. The number of fused-ring (bicyclic) bond motifs is 3.